The minimum Gasteiger partial charge on any atom is -0.324 e. The molecule has 136 valence electrons. The molecule has 0 aliphatic rings. The molecule has 1 atom stereocenters. The van der Waals surface area contributed by atoms with E-state index in [-0.39, 0.29) is 11.8 Å². The van der Waals surface area contributed by atoms with Gasteiger partial charge in [-0.25, -0.2) is 9.67 Å². The lowest BCUT2D eigenvalue weighted by atomic mass is 10.2. The number of anilines is 2. The third-order valence-corrected chi connectivity index (χ3v) is 3.77. The van der Waals surface area contributed by atoms with Gasteiger partial charge < -0.3 is 10.6 Å². The Labute approximate surface area is 156 Å². The van der Waals surface area contributed by atoms with Gasteiger partial charge in [-0.15, -0.1) is 0 Å². The molecule has 2 amide bonds. The van der Waals surface area contributed by atoms with Crippen molar-refractivity contribution >= 4 is 29.3 Å². The normalized spacial score (nSPS) is 11.9. The summed E-state index contributed by atoms with van der Waals surface area (Å²) in [4.78, 5) is 31.9. The molecule has 1 aromatic carbocycles. The maximum Gasteiger partial charge on any atom is 0.249 e. The van der Waals surface area contributed by atoms with Crippen molar-refractivity contribution in [2.45, 2.75) is 13.0 Å². The van der Waals surface area contributed by atoms with Crippen LogP contribution in [-0.2, 0) is 9.59 Å². The second-order valence-corrected chi connectivity index (χ2v) is 5.72. The molecule has 0 fully saturated rings. The van der Waals surface area contributed by atoms with Gasteiger partial charge in [-0.2, -0.15) is 5.10 Å². The standard InChI is InChI=1S/C19H18N6O2/c1-14(25-13-21-12-22-25)19(27)24-17-5-3-16(4-6-17)23-18(26)7-2-15-8-10-20-11-9-15/h2-14H,1H3,(H,23,26)(H,24,27)/b7-2+. The summed E-state index contributed by atoms with van der Waals surface area (Å²) in [6.45, 7) is 1.73. The lowest BCUT2D eigenvalue weighted by molar-refractivity contribution is -0.119. The van der Waals surface area contributed by atoms with E-state index in [9.17, 15) is 9.59 Å². The van der Waals surface area contributed by atoms with Crippen molar-refractivity contribution in [3.05, 3.63) is 73.1 Å². The average molecular weight is 362 g/mol. The van der Waals surface area contributed by atoms with Crippen LogP contribution in [0.3, 0.4) is 0 Å². The van der Waals surface area contributed by atoms with E-state index in [1.165, 1.54) is 23.4 Å². The third-order valence-electron chi connectivity index (χ3n) is 3.77. The molecule has 3 rings (SSSR count). The van der Waals surface area contributed by atoms with Gasteiger partial charge in [-0.1, -0.05) is 0 Å². The van der Waals surface area contributed by atoms with Gasteiger partial charge in [-0.05, 0) is 55.0 Å². The Morgan fingerprint density at radius 3 is 2.30 bits per heavy atom. The Morgan fingerprint density at radius 2 is 1.67 bits per heavy atom. The molecule has 8 nitrogen and oxygen atoms in total. The van der Waals surface area contributed by atoms with Crippen LogP contribution < -0.4 is 10.6 Å². The summed E-state index contributed by atoms with van der Waals surface area (Å²) in [6, 6.07) is 10.00. The lowest BCUT2D eigenvalue weighted by Gasteiger charge is -2.12. The lowest BCUT2D eigenvalue weighted by Crippen LogP contribution is -2.24. The van der Waals surface area contributed by atoms with E-state index in [0.717, 1.165) is 5.56 Å². The molecule has 2 N–H and O–H groups in total. The van der Waals surface area contributed by atoms with Crippen LogP contribution in [0, 0.1) is 0 Å². The second-order valence-electron chi connectivity index (χ2n) is 5.72. The van der Waals surface area contributed by atoms with Crippen LogP contribution >= 0.6 is 0 Å². The molecule has 0 aliphatic heterocycles. The van der Waals surface area contributed by atoms with Gasteiger partial charge in [0.15, 0.2) is 0 Å². The summed E-state index contributed by atoms with van der Waals surface area (Å²) in [5, 5.41) is 9.51. The van der Waals surface area contributed by atoms with E-state index >= 15 is 0 Å². The molecule has 1 unspecified atom stereocenters. The molecule has 0 saturated heterocycles. The number of benzene rings is 1. The summed E-state index contributed by atoms with van der Waals surface area (Å²) in [6.07, 6.45) is 9.34. The summed E-state index contributed by atoms with van der Waals surface area (Å²) in [5.74, 6) is -0.457. The zero-order valence-corrected chi connectivity index (χ0v) is 14.6. The number of carbonyl (C=O) groups is 2. The highest BCUT2D eigenvalue weighted by molar-refractivity contribution is 6.02. The van der Waals surface area contributed by atoms with Crippen LogP contribution in [0.1, 0.15) is 18.5 Å². The van der Waals surface area contributed by atoms with Crippen molar-refractivity contribution in [3.63, 3.8) is 0 Å². The largest absolute Gasteiger partial charge is 0.324 e. The number of hydrogen-bond acceptors (Lipinski definition) is 5. The van der Waals surface area contributed by atoms with Gasteiger partial charge in [0.05, 0.1) is 0 Å². The number of hydrogen-bond donors (Lipinski definition) is 2. The van der Waals surface area contributed by atoms with Crippen molar-refractivity contribution in [3.8, 4) is 0 Å². The summed E-state index contributed by atoms with van der Waals surface area (Å²) >= 11 is 0. The van der Waals surface area contributed by atoms with E-state index in [0.29, 0.717) is 11.4 Å². The number of carbonyl (C=O) groups excluding carboxylic acids is 2. The van der Waals surface area contributed by atoms with Crippen LogP contribution in [0.15, 0.2) is 67.5 Å². The number of nitrogens with zero attached hydrogens (tertiary/aromatic N) is 4. The van der Waals surface area contributed by atoms with Crippen molar-refractivity contribution in [1.82, 2.24) is 19.7 Å². The van der Waals surface area contributed by atoms with Gasteiger partial charge in [0.1, 0.15) is 18.7 Å². The molecule has 8 heteroatoms. The minimum absolute atomic E-state index is 0.211. The maximum absolute atomic E-state index is 12.2. The van der Waals surface area contributed by atoms with Crippen LogP contribution in [0.25, 0.3) is 6.08 Å². The molecule has 0 bridgehead atoms. The number of nitrogens with one attached hydrogen (secondary N) is 2. The maximum atomic E-state index is 12.2. The van der Waals surface area contributed by atoms with Crippen molar-refractivity contribution < 1.29 is 9.59 Å². The van der Waals surface area contributed by atoms with E-state index in [2.05, 4.69) is 25.7 Å². The SMILES string of the molecule is CC(C(=O)Nc1ccc(NC(=O)/C=C/c2ccncc2)cc1)n1cncn1. The summed E-state index contributed by atoms with van der Waals surface area (Å²) in [5.41, 5.74) is 2.14. The van der Waals surface area contributed by atoms with Gasteiger partial charge in [0, 0.05) is 29.8 Å². The van der Waals surface area contributed by atoms with Crippen molar-refractivity contribution in [1.29, 1.82) is 0 Å². The first-order valence-electron chi connectivity index (χ1n) is 8.26. The summed E-state index contributed by atoms with van der Waals surface area (Å²) < 4.78 is 1.47. The number of aromatic nitrogens is 4. The molecular weight excluding hydrogens is 344 g/mol. The Bertz CT molecular complexity index is 921. The monoisotopic (exact) mass is 362 g/mol. The van der Waals surface area contributed by atoms with E-state index in [1.54, 1.807) is 49.7 Å². The number of amides is 2. The average Bonchev–Trinajstić information content (AvgIpc) is 3.23. The highest BCUT2D eigenvalue weighted by Crippen LogP contribution is 2.15. The zero-order chi connectivity index (χ0) is 19.1. The zero-order valence-electron chi connectivity index (χ0n) is 14.6. The van der Waals surface area contributed by atoms with E-state index < -0.39 is 6.04 Å². The van der Waals surface area contributed by atoms with Crippen LogP contribution in [0.2, 0.25) is 0 Å². The first kappa shape index (κ1) is 18.0. The number of rotatable bonds is 6. The third kappa shape index (κ3) is 5.08. The molecule has 3 aromatic rings. The van der Waals surface area contributed by atoms with E-state index in [4.69, 9.17) is 0 Å². The Balaban J connectivity index is 1.54. The van der Waals surface area contributed by atoms with Crippen LogP contribution in [0.5, 0.6) is 0 Å². The predicted octanol–water partition coefficient (Wildman–Crippen LogP) is 2.52. The van der Waals surface area contributed by atoms with Crippen LogP contribution in [0.4, 0.5) is 11.4 Å². The molecule has 2 heterocycles. The Kier molecular flexibility index (Phi) is 5.68. The molecule has 27 heavy (non-hydrogen) atoms. The van der Waals surface area contributed by atoms with Gasteiger partial charge in [-0.3, -0.25) is 14.6 Å². The molecule has 0 saturated carbocycles. The molecule has 0 aliphatic carbocycles. The first-order valence-corrected chi connectivity index (χ1v) is 8.26. The quantitative estimate of drug-likeness (QED) is 0.656. The predicted molar refractivity (Wildman–Crippen MR) is 102 cm³/mol. The molecule has 0 radical (unpaired) electrons. The summed E-state index contributed by atoms with van der Waals surface area (Å²) in [7, 11) is 0. The van der Waals surface area contributed by atoms with Crippen LogP contribution in [-0.4, -0.2) is 31.6 Å². The Hall–Kier alpha value is -3.81. The first-order chi connectivity index (χ1) is 13.1. The van der Waals surface area contributed by atoms with Crippen molar-refractivity contribution in [2.75, 3.05) is 10.6 Å². The molecular formula is C19H18N6O2. The number of pyridine rings is 1. The molecule has 0 spiro atoms. The molecule has 2 aromatic heterocycles. The Morgan fingerprint density at radius 1 is 1.00 bits per heavy atom. The fourth-order valence-corrected chi connectivity index (χ4v) is 2.25. The second kappa shape index (κ2) is 8.52. The minimum atomic E-state index is -0.481. The topological polar surface area (TPSA) is 102 Å². The van der Waals surface area contributed by atoms with Gasteiger partial charge in [0.25, 0.3) is 0 Å². The highest BCUT2D eigenvalue weighted by atomic mass is 16.2. The van der Waals surface area contributed by atoms with Crippen molar-refractivity contribution in [2.24, 2.45) is 0 Å². The fourth-order valence-electron chi connectivity index (χ4n) is 2.25. The smallest absolute Gasteiger partial charge is 0.249 e. The fraction of sp³-hybridized carbons (Fsp3) is 0.105. The highest BCUT2D eigenvalue weighted by Gasteiger charge is 2.15. The van der Waals surface area contributed by atoms with E-state index in [1.807, 2.05) is 12.1 Å². The van der Waals surface area contributed by atoms with Gasteiger partial charge in [0.2, 0.25) is 11.8 Å². The van der Waals surface area contributed by atoms with Gasteiger partial charge >= 0.3 is 0 Å².